The maximum atomic E-state index is 5.69. The highest BCUT2D eigenvalue weighted by Crippen LogP contribution is 2.22. The highest BCUT2D eigenvalue weighted by Gasteiger charge is 2.08. The van der Waals surface area contributed by atoms with Gasteiger partial charge in [-0.2, -0.15) is 15.0 Å². The van der Waals surface area contributed by atoms with Crippen molar-refractivity contribution in [2.45, 2.75) is 6.92 Å². The van der Waals surface area contributed by atoms with Crippen LogP contribution in [0.4, 0.5) is 5.95 Å². The van der Waals surface area contributed by atoms with Crippen molar-refractivity contribution in [3.05, 3.63) is 36.5 Å². The van der Waals surface area contributed by atoms with E-state index in [0.29, 0.717) is 12.4 Å². The van der Waals surface area contributed by atoms with E-state index in [1.807, 2.05) is 37.3 Å². The number of anilines is 1. The van der Waals surface area contributed by atoms with Crippen LogP contribution in [0.5, 0.6) is 6.01 Å². The number of pyridine rings is 1. The van der Waals surface area contributed by atoms with Gasteiger partial charge in [-0.05, 0) is 31.2 Å². The second-order valence-corrected chi connectivity index (χ2v) is 4.14. The Morgan fingerprint density at radius 3 is 2.90 bits per heavy atom. The van der Waals surface area contributed by atoms with Crippen LogP contribution in [0.2, 0.25) is 0 Å². The van der Waals surface area contributed by atoms with Crippen molar-refractivity contribution in [2.75, 3.05) is 12.3 Å². The maximum absolute atomic E-state index is 5.69. The molecule has 20 heavy (non-hydrogen) atoms. The highest BCUT2D eigenvalue weighted by atomic mass is 16.5. The number of nitrogens with two attached hydrogens (primary N) is 1. The third kappa shape index (κ3) is 2.35. The molecule has 2 heterocycles. The molecular formula is C14H13N5O. The van der Waals surface area contributed by atoms with Crippen LogP contribution >= 0.6 is 0 Å². The van der Waals surface area contributed by atoms with Crippen LogP contribution in [0, 0.1) is 0 Å². The van der Waals surface area contributed by atoms with Crippen LogP contribution in [0.3, 0.4) is 0 Å². The van der Waals surface area contributed by atoms with Gasteiger partial charge in [0, 0.05) is 17.1 Å². The van der Waals surface area contributed by atoms with Crippen LogP contribution < -0.4 is 10.5 Å². The summed E-state index contributed by atoms with van der Waals surface area (Å²) >= 11 is 0. The lowest BCUT2D eigenvalue weighted by Crippen LogP contribution is -2.04. The molecule has 0 saturated heterocycles. The first-order chi connectivity index (χ1) is 9.76. The minimum absolute atomic E-state index is 0.143. The second kappa shape index (κ2) is 5.08. The van der Waals surface area contributed by atoms with Gasteiger partial charge in [0.1, 0.15) is 0 Å². The van der Waals surface area contributed by atoms with E-state index < -0.39 is 0 Å². The number of nitrogens with zero attached hydrogens (tertiary/aromatic N) is 4. The third-order valence-corrected chi connectivity index (χ3v) is 2.77. The molecule has 2 N–H and O–H groups in total. The molecule has 0 radical (unpaired) electrons. The van der Waals surface area contributed by atoms with Gasteiger partial charge in [0.2, 0.25) is 5.95 Å². The number of rotatable bonds is 3. The molecule has 1 aromatic carbocycles. The van der Waals surface area contributed by atoms with Crippen molar-refractivity contribution in [1.29, 1.82) is 0 Å². The molecule has 6 nitrogen and oxygen atoms in total. The Morgan fingerprint density at radius 1 is 1.15 bits per heavy atom. The number of nitrogen functional groups attached to an aromatic ring is 1. The normalized spacial score (nSPS) is 10.7. The first-order valence-corrected chi connectivity index (χ1v) is 6.26. The summed E-state index contributed by atoms with van der Waals surface area (Å²) in [6.07, 6.45) is 1.76. The average Bonchev–Trinajstić information content (AvgIpc) is 2.46. The summed E-state index contributed by atoms with van der Waals surface area (Å²) in [4.78, 5) is 16.6. The molecule has 0 saturated carbocycles. The van der Waals surface area contributed by atoms with Crippen LogP contribution in [0.15, 0.2) is 36.5 Å². The van der Waals surface area contributed by atoms with Crippen LogP contribution in [0.1, 0.15) is 6.92 Å². The van der Waals surface area contributed by atoms with E-state index in [0.717, 1.165) is 16.5 Å². The van der Waals surface area contributed by atoms with Crippen LogP contribution in [0.25, 0.3) is 22.3 Å². The van der Waals surface area contributed by atoms with Crippen molar-refractivity contribution in [1.82, 2.24) is 19.9 Å². The monoisotopic (exact) mass is 267 g/mol. The van der Waals surface area contributed by atoms with Crippen molar-refractivity contribution < 1.29 is 4.74 Å². The lowest BCUT2D eigenvalue weighted by molar-refractivity contribution is 0.312. The third-order valence-electron chi connectivity index (χ3n) is 2.77. The predicted molar refractivity (Wildman–Crippen MR) is 76.1 cm³/mol. The van der Waals surface area contributed by atoms with Crippen molar-refractivity contribution in [2.24, 2.45) is 0 Å². The summed E-state index contributed by atoms with van der Waals surface area (Å²) in [5, 5.41) is 1.02. The summed E-state index contributed by atoms with van der Waals surface area (Å²) in [7, 11) is 0. The van der Waals surface area contributed by atoms with E-state index in [4.69, 9.17) is 10.5 Å². The van der Waals surface area contributed by atoms with Gasteiger partial charge in [0.25, 0.3) is 0 Å². The van der Waals surface area contributed by atoms with E-state index in [1.165, 1.54) is 0 Å². The number of fused-ring (bicyclic) bond motifs is 1. The Labute approximate surface area is 115 Å². The van der Waals surface area contributed by atoms with E-state index >= 15 is 0 Å². The number of benzene rings is 1. The summed E-state index contributed by atoms with van der Waals surface area (Å²) in [6.45, 7) is 2.34. The molecule has 0 atom stereocenters. The molecule has 0 aliphatic carbocycles. The van der Waals surface area contributed by atoms with Gasteiger partial charge < -0.3 is 10.5 Å². The standard InChI is InChI=1S/C14H13N5O/c1-2-20-14-18-12(17-13(15)19-14)10-5-6-11-9(8-10)4-3-7-16-11/h3-8H,2H2,1H3,(H2,15,17,18,19). The summed E-state index contributed by atoms with van der Waals surface area (Å²) in [5.41, 5.74) is 7.45. The van der Waals surface area contributed by atoms with Gasteiger partial charge in [-0.25, -0.2) is 0 Å². The molecule has 3 rings (SSSR count). The molecule has 0 bridgehead atoms. The van der Waals surface area contributed by atoms with Gasteiger partial charge in [-0.3, -0.25) is 4.98 Å². The average molecular weight is 267 g/mol. The zero-order valence-electron chi connectivity index (χ0n) is 10.9. The molecule has 0 aliphatic rings. The van der Waals surface area contributed by atoms with Gasteiger partial charge in [-0.15, -0.1) is 0 Å². The zero-order valence-corrected chi connectivity index (χ0v) is 10.9. The molecule has 0 aliphatic heterocycles. The molecule has 0 unspecified atom stereocenters. The number of hydrogen-bond donors (Lipinski definition) is 1. The van der Waals surface area contributed by atoms with E-state index in [2.05, 4.69) is 19.9 Å². The molecule has 6 heteroatoms. The summed E-state index contributed by atoms with van der Waals surface area (Å²) in [5.74, 6) is 0.636. The molecule has 0 spiro atoms. The highest BCUT2D eigenvalue weighted by molar-refractivity contribution is 5.83. The lowest BCUT2D eigenvalue weighted by Gasteiger charge is -2.05. The van der Waals surface area contributed by atoms with Gasteiger partial charge in [0.05, 0.1) is 12.1 Å². The number of ether oxygens (including phenoxy) is 1. The fourth-order valence-corrected chi connectivity index (χ4v) is 1.91. The number of hydrogen-bond acceptors (Lipinski definition) is 6. The Morgan fingerprint density at radius 2 is 2.05 bits per heavy atom. The molecule has 3 aromatic rings. The Balaban J connectivity index is 2.10. The molecular weight excluding hydrogens is 254 g/mol. The second-order valence-electron chi connectivity index (χ2n) is 4.14. The predicted octanol–water partition coefficient (Wildman–Crippen LogP) is 2.07. The van der Waals surface area contributed by atoms with Crippen molar-refractivity contribution >= 4 is 16.9 Å². The largest absolute Gasteiger partial charge is 0.464 e. The first-order valence-electron chi connectivity index (χ1n) is 6.26. The SMILES string of the molecule is CCOc1nc(N)nc(-c2ccc3ncccc3c2)n1. The molecule has 0 fully saturated rings. The van der Waals surface area contributed by atoms with Crippen LogP contribution in [-0.4, -0.2) is 26.5 Å². The quantitative estimate of drug-likeness (QED) is 0.781. The minimum atomic E-state index is 0.143. The van der Waals surface area contributed by atoms with Crippen LogP contribution in [-0.2, 0) is 0 Å². The fraction of sp³-hybridized carbons (Fsp3) is 0.143. The summed E-state index contributed by atoms with van der Waals surface area (Å²) in [6, 6.07) is 9.90. The van der Waals surface area contributed by atoms with E-state index in [-0.39, 0.29) is 12.0 Å². The van der Waals surface area contributed by atoms with E-state index in [1.54, 1.807) is 6.20 Å². The number of aromatic nitrogens is 4. The van der Waals surface area contributed by atoms with Crippen molar-refractivity contribution in [3.8, 4) is 17.4 Å². The Bertz CT molecular complexity index is 759. The lowest BCUT2D eigenvalue weighted by atomic mass is 10.1. The molecule has 100 valence electrons. The summed E-state index contributed by atoms with van der Waals surface area (Å²) < 4.78 is 5.28. The van der Waals surface area contributed by atoms with Gasteiger partial charge in [0.15, 0.2) is 5.82 Å². The smallest absolute Gasteiger partial charge is 0.321 e. The topological polar surface area (TPSA) is 86.8 Å². The van der Waals surface area contributed by atoms with Gasteiger partial charge >= 0.3 is 6.01 Å². The maximum Gasteiger partial charge on any atom is 0.321 e. The van der Waals surface area contributed by atoms with E-state index in [9.17, 15) is 0 Å². The van der Waals surface area contributed by atoms with Gasteiger partial charge in [-0.1, -0.05) is 6.07 Å². The van der Waals surface area contributed by atoms with Crippen molar-refractivity contribution in [3.63, 3.8) is 0 Å². The molecule has 2 aromatic heterocycles. The Kier molecular flexibility index (Phi) is 3.12. The molecule has 0 amide bonds. The zero-order chi connectivity index (χ0) is 13.9. The fourth-order valence-electron chi connectivity index (χ4n) is 1.91. The first kappa shape index (κ1) is 12.3. The minimum Gasteiger partial charge on any atom is -0.464 e. The Hall–Kier alpha value is -2.76.